The molecule has 0 aliphatic carbocycles. The first kappa shape index (κ1) is 12.8. The Balaban J connectivity index is 2.32. The number of hydrogen-bond acceptors (Lipinski definition) is 2. The third-order valence-electron chi connectivity index (χ3n) is 2.28. The summed E-state index contributed by atoms with van der Waals surface area (Å²) in [6.07, 6.45) is 0.563. The lowest BCUT2D eigenvalue weighted by Crippen LogP contribution is -2.22. The smallest absolute Gasteiger partial charge is 0.0602 e. The Bertz CT molecular complexity index is 348. The highest BCUT2D eigenvalue weighted by molar-refractivity contribution is 5.33. The first-order valence-electron chi connectivity index (χ1n) is 5.59. The van der Waals surface area contributed by atoms with E-state index >= 15 is 0 Å². The van der Waals surface area contributed by atoms with E-state index in [-0.39, 0.29) is 6.10 Å². The summed E-state index contributed by atoms with van der Waals surface area (Å²) in [6, 6.07) is 9.97. The number of rotatable bonds is 4. The molecule has 0 saturated heterocycles. The zero-order valence-electron chi connectivity index (χ0n) is 9.98. The van der Waals surface area contributed by atoms with Crippen molar-refractivity contribution in [1.82, 2.24) is 4.90 Å². The number of benzene rings is 1. The number of nitrogens with zero attached hydrogens (tertiary/aromatic N) is 1. The van der Waals surface area contributed by atoms with Gasteiger partial charge < -0.3 is 5.11 Å². The molecule has 0 amide bonds. The Morgan fingerprint density at radius 3 is 2.62 bits per heavy atom. The van der Waals surface area contributed by atoms with E-state index in [0.29, 0.717) is 0 Å². The highest BCUT2D eigenvalue weighted by atomic mass is 16.3. The molecular weight excluding hydrogens is 198 g/mol. The molecule has 1 atom stereocenters. The molecule has 0 aliphatic rings. The maximum atomic E-state index is 9.14. The fourth-order valence-electron chi connectivity index (χ4n) is 1.28. The van der Waals surface area contributed by atoms with Crippen molar-refractivity contribution in [3.8, 4) is 11.8 Å². The molecule has 16 heavy (non-hydrogen) atoms. The van der Waals surface area contributed by atoms with Gasteiger partial charge in [-0.05, 0) is 32.5 Å². The van der Waals surface area contributed by atoms with Gasteiger partial charge in [0.2, 0.25) is 0 Å². The Labute approximate surface area is 97.9 Å². The summed E-state index contributed by atoms with van der Waals surface area (Å²) in [4.78, 5) is 2.11. The molecule has 86 valence electrons. The van der Waals surface area contributed by atoms with E-state index in [1.165, 1.54) is 0 Å². The predicted molar refractivity (Wildman–Crippen MR) is 67.1 cm³/mol. The lowest BCUT2D eigenvalue weighted by molar-refractivity contribution is 0.168. The third-order valence-corrected chi connectivity index (χ3v) is 2.28. The fraction of sp³-hybridized carbons (Fsp3) is 0.429. The van der Waals surface area contributed by atoms with Crippen LogP contribution < -0.4 is 0 Å². The molecule has 1 unspecified atom stereocenters. The molecule has 0 fully saturated rings. The Morgan fingerprint density at radius 1 is 1.31 bits per heavy atom. The minimum Gasteiger partial charge on any atom is -0.393 e. The maximum absolute atomic E-state index is 9.14. The molecule has 0 radical (unpaired) electrons. The molecule has 0 aliphatic heterocycles. The lowest BCUT2D eigenvalue weighted by atomic mass is 10.2. The summed E-state index contributed by atoms with van der Waals surface area (Å²) >= 11 is 0. The SMILES string of the molecule is CC(O)CCN(C)CC#Cc1ccccc1. The van der Waals surface area contributed by atoms with Crippen LogP contribution in [0, 0.1) is 11.8 Å². The van der Waals surface area contributed by atoms with Crippen LogP contribution in [0.25, 0.3) is 0 Å². The summed E-state index contributed by atoms with van der Waals surface area (Å²) in [6.45, 7) is 3.42. The van der Waals surface area contributed by atoms with E-state index < -0.39 is 0 Å². The van der Waals surface area contributed by atoms with Crippen LogP contribution in [0.15, 0.2) is 30.3 Å². The van der Waals surface area contributed by atoms with E-state index in [4.69, 9.17) is 5.11 Å². The summed E-state index contributed by atoms with van der Waals surface area (Å²) in [7, 11) is 2.02. The molecule has 1 aromatic rings. The van der Waals surface area contributed by atoms with E-state index in [2.05, 4.69) is 16.7 Å². The largest absolute Gasteiger partial charge is 0.393 e. The Hall–Kier alpha value is -1.30. The molecule has 1 N–H and O–H groups in total. The Kier molecular flexibility index (Phi) is 5.63. The average molecular weight is 217 g/mol. The molecule has 1 rings (SSSR count). The molecular formula is C14H19NO. The second-order valence-corrected chi connectivity index (χ2v) is 4.04. The van der Waals surface area contributed by atoms with Crippen LogP contribution in [-0.2, 0) is 0 Å². The van der Waals surface area contributed by atoms with Gasteiger partial charge in [-0.1, -0.05) is 30.0 Å². The first-order chi connectivity index (χ1) is 7.68. The van der Waals surface area contributed by atoms with Gasteiger partial charge in [-0.3, -0.25) is 4.90 Å². The maximum Gasteiger partial charge on any atom is 0.0602 e. The zero-order valence-corrected chi connectivity index (χ0v) is 9.98. The second kappa shape index (κ2) is 7.05. The van der Waals surface area contributed by atoms with Crippen molar-refractivity contribution in [1.29, 1.82) is 0 Å². The van der Waals surface area contributed by atoms with Gasteiger partial charge >= 0.3 is 0 Å². The Morgan fingerprint density at radius 2 is 2.00 bits per heavy atom. The summed E-state index contributed by atoms with van der Waals surface area (Å²) in [5.74, 6) is 6.23. The lowest BCUT2D eigenvalue weighted by Gasteiger charge is -2.13. The minimum absolute atomic E-state index is 0.232. The van der Waals surface area contributed by atoms with Crippen LogP contribution in [0.5, 0.6) is 0 Å². The summed E-state index contributed by atoms with van der Waals surface area (Å²) < 4.78 is 0. The van der Waals surface area contributed by atoms with Gasteiger partial charge in [0, 0.05) is 12.1 Å². The standard InChI is InChI=1S/C14H19NO/c1-13(16)10-12-15(2)11-6-9-14-7-4-3-5-8-14/h3-5,7-8,13,16H,10-12H2,1-2H3. The zero-order chi connectivity index (χ0) is 11.8. The molecule has 0 bridgehead atoms. The highest BCUT2D eigenvalue weighted by Crippen LogP contribution is 1.95. The molecule has 2 heteroatoms. The van der Waals surface area contributed by atoms with Gasteiger partial charge in [-0.2, -0.15) is 0 Å². The van der Waals surface area contributed by atoms with E-state index in [0.717, 1.165) is 25.1 Å². The van der Waals surface area contributed by atoms with Crippen molar-refractivity contribution in [2.45, 2.75) is 19.4 Å². The van der Waals surface area contributed by atoms with Crippen molar-refractivity contribution < 1.29 is 5.11 Å². The monoisotopic (exact) mass is 217 g/mol. The molecule has 2 nitrogen and oxygen atoms in total. The average Bonchev–Trinajstić information content (AvgIpc) is 2.28. The number of aliphatic hydroxyl groups is 1. The first-order valence-corrected chi connectivity index (χ1v) is 5.59. The summed E-state index contributed by atoms with van der Waals surface area (Å²) in [5, 5.41) is 9.14. The van der Waals surface area contributed by atoms with Gasteiger partial charge in [-0.15, -0.1) is 0 Å². The normalized spacial score (nSPS) is 12.0. The van der Waals surface area contributed by atoms with Crippen molar-refractivity contribution in [2.24, 2.45) is 0 Å². The molecule has 0 aromatic heterocycles. The third kappa shape index (κ3) is 5.55. The van der Waals surface area contributed by atoms with Crippen molar-refractivity contribution in [2.75, 3.05) is 20.1 Å². The van der Waals surface area contributed by atoms with Crippen LogP contribution >= 0.6 is 0 Å². The van der Waals surface area contributed by atoms with Crippen LogP contribution in [0.3, 0.4) is 0 Å². The van der Waals surface area contributed by atoms with Gasteiger partial charge in [-0.25, -0.2) is 0 Å². The van der Waals surface area contributed by atoms with Crippen LogP contribution in [0.2, 0.25) is 0 Å². The van der Waals surface area contributed by atoms with Gasteiger partial charge in [0.05, 0.1) is 12.6 Å². The van der Waals surface area contributed by atoms with Crippen LogP contribution in [0.1, 0.15) is 18.9 Å². The quantitative estimate of drug-likeness (QED) is 0.777. The van der Waals surface area contributed by atoms with Crippen LogP contribution in [-0.4, -0.2) is 36.2 Å². The van der Waals surface area contributed by atoms with Crippen molar-refractivity contribution in [3.63, 3.8) is 0 Å². The fourth-order valence-corrected chi connectivity index (χ4v) is 1.28. The predicted octanol–water partition coefficient (Wildman–Crippen LogP) is 1.74. The molecule has 0 spiro atoms. The topological polar surface area (TPSA) is 23.5 Å². The van der Waals surface area contributed by atoms with Gasteiger partial charge in [0.25, 0.3) is 0 Å². The molecule has 1 aromatic carbocycles. The van der Waals surface area contributed by atoms with Crippen LogP contribution in [0.4, 0.5) is 0 Å². The molecule has 0 saturated carbocycles. The van der Waals surface area contributed by atoms with Crippen molar-refractivity contribution in [3.05, 3.63) is 35.9 Å². The highest BCUT2D eigenvalue weighted by Gasteiger charge is 1.98. The van der Waals surface area contributed by atoms with Crippen molar-refractivity contribution >= 4 is 0 Å². The van der Waals surface area contributed by atoms with E-state index in [1.54, 1.807) is 0 Å². The second-order valence-electron chi connectivity index (χ2n) is 4.04. The van der Waals surface area contributed by atoms with Gasteiger partial charge in [0.1, 0.15) is 0 Å². The number of hydrogen-bond donors (Lipinski definition) is 1. The minimum atomic E-state index is -0.232. The molecule has 0 heterocycles. The van der Waals surface area contributed by atoms with Gasteiger partial charge in [0.15, 0.2) is 0 Å². The summed E-state index contributed by atoms with van der Waals surface area (Å²) in [5.41, 5.74) is 1.05. The van der Waals surface area contributed by atoms with E-state index in [9.17, 15) is 0 Å². The number of aliphatic hydroxyl groups excluding tert-OH is 1. The van der Waals surface area contributed by atoms with E-state index in [1.807, 2.05) is 44.3 Å².